The zero-order valence-electron chi connectivity index (χ0n) is 13.2. The van der Waals surface area contributed by atoms with E-state index in [2.05, 4.69) is 4.99 Å². The Morgan fingerprint density at radius 2 is 1.91 bits per heavy atom. The maximum absolute atomic E-state index is 12.6. The number of hydrogen-bond acceptors (Lipinski definition) is 4. The molecule has 2 rings (SSSR count). The van der Waals surface area contributed by atoms with E-state index in [1.165, 1.54) is 11.0 Å². The van der Waals surface area contributed by atoms with Crippen molar-refractivity contribution < 1.29 is 14.4 Å². The van der Waals surface area contributed by atoms with Gasteiger partial charge in [0.25, 0.3) is 0 Å². The standard InChI is InChI=1S/C17H20N2O3/c1-4-6-9-17(5-2)15(21)19(16(17)22)13-8-7-12(3)14(10-13)18-11-20/h7-8,10H,4-6,9H2,1-3H3. The number of β-lactam (4-membered cyclic amide) rings is 2. The third-order valence-electron chi connectivity index (χ3n) is 4.40. The molecule has 116 valence electrons. The fraction of sp³-hybridized carbons (Fsp3) is 0.471. The van der Waals surface area contributed by atoms with E-state index in [1.807, 2.05) is 13.8 Å². The van der Waals surface area contributed by atoms with Crippen LogP contribution in [0.1, 0.15) is 45.1 Å². The van der Waals surface area contributed by atoms with Crippen molar-refractivity contribution in [1.29, 1.82) is 0 Å². The molecule has 0 unspecified atom stereocenters. The van der Waals surface area contributed by atoms with Crippen LogP contribution in [0, 0.1) is 12.3 Å². The van der Waals surface area contributed by atoms with Crippen molar-refractivity contribution in [3.63, 3.8) is 0 Å². The number of hydrogen-bond donors (Lipinski definition) is 0. The van der Waals surface area contributed by atoms with Gasteiger partial charge in [-0.25, -0.2) is 9.69 Å². The Balaban J connectivity index is 2.33. The van der Waals surface area contributed by atoms with Gasteiger partial charge in [-0.3, -0.25) is 9.59 Å². The monoisotopic (exact) mass is 300 g/mol. The van der Waals surface area contributed by atoms with Crippen LogP contribution in [0.15, 0.2) is 23.2 Å². The molecule has 0 aliphatic carbocycles. The number of carbonyl (C=O) groups excluding carboxylic acids is 3. The SMILES string of the molecule is CCCCC1(CC)C(=O)N(c2ccc(C)c(N=C=O)c2)C1=O. The Labute approximate surface area is 130 Å². The first kappa shape index (κ1) is 16.1. The van der Waals surface area contributed by atoms with Gasteiger partial charge in [0.15, 0.2) is 0 Å². The van der Waals surface area contributed by atoms with Gasteiger partial charge in [0, 0.05) is 0 Å². The van der Waals surface area contributed by atoms with Gasteiger partial charge < -0.3 is 0 Å². The minimum Gasteiger partial charge on any atom is -0.273 e. The minimum atomic E-state index is -0.866. The summed E-state index contributed by atoms with van der Waals surface area (Å²) >= 11 is 0. The summed E-state index contributed by atoms with van der Waals surface area (Å²) in [5.74, 6) is -0.309. The zero-order valence-corrected chi connectivity index (χ0v) is 13.2. The highest BCUT2D eigenvalue weighted by molar-refractivity contribution is 6.36. The molecular weight excluding hydrogens is 280 g/mol. The van der Waals surface area contributed by atoms with Crippen molar-refractivity contribution in [2.24, 2.45) is 10.4 Å². The number of imide groups is 1. The highest BCUT2D eigenvalue weighted by Gasteiger charge is 2.59. The molecule has 0 saturated carbocycles. The van der Waals surface area contributed by atoms with E-state index < -0.39 is 5.41 Å². The fourth-order valence-corrected chi connectivity index (χ4v) is 2.87. The number of rotatable bonds is 6. The largest absolute Gasteiger partial charge is 0.273 e. The second-order valence-electron chi connectivity index (χ2n) is 5.66. The van der Waals surface area contributed by atoms with Crippen molar-refractivity contribution >= 4 is 29.3 Å². The van der Waals surface area contributed by atoms with E-state index in [9.17, 15) is 14.4 Å². The summed E-state index contributed by atoms with van der Waals surface area (Å²) in [6.07, 6.45) is 4.41. The quantitative estimate of drug-likeness (QED) is 0.350. The molecular formula is C17H20N2O3. The molecule has 1 fully saturated rings. The molecule has 1 aromatic carbocycles. The first-order valence-electron chi connectivity index (χ1n) is 7.59. The van der Waals surface area contributed by atoms with E-state index in [-0.39, 0.29) is 11.8 Å². The van der Waals surface area contributed by atoms with Crippen molar-refractivity contribution in [3.8, 4) is 0 Å². The van der Waals surface area contributed by atoms with E-state index in [1.54, 1.807) is 25.1 Å². The molecule has 5 heteroatoms. The van der Waals surface area contributed by atoms with Crippen molar-refractivity contribution in [1.82, 2.24) is 0 Å². The first-order chi connectivity index (χ1) is 10.5. The summed E-state index contributed by atoms with van der Waals surface area (Å²) in [5.41, 5.74) is 0.820. The smallest absolute Gasteiger partial charge is 0.249 e. The summed E-state index contributed by atoms with van der Waals surface area (Å²) in [6.45, 7) is 5.72. The molecule has 22 heavy (non-hydrogen) atoms. The molecule has 0 aromatic heterocycles. The number of isocyanates is 1. The van der Waals surface area contributed by atoms with Crippen molar-refractivity contribution in [2.75, 3.05) is 4.90 Å². The average molecular weight is 300 g/mol. The van der Waals surface area contributed by atoms with Crippen LogP contribution in [0.5, 0.6) is 0 Å². The molecule has 0 bridgehead atoms. The third kappa shape index (κ3) is 2.38. The zero-order chi connectivity index (χ0) is 16.3. The number of carbonyl (C=O) groups is 2. The maximum Gasteiger partial charge on any atom is 0.249 e. The number of anilines is 1. The molecule has 0 radical (unpaired) electrons. The van der Waals surface area contributed by atoms with Gasteiger partial charge in [-0.05, 0) is 37.5 Å². The number of nitrogens with zero attached hydrogens (tertiary/aromatic N) is 2. The molecule has 1 saturated heterocycles. The first-order valence-corrected chi connectivity index (χ1v) is 7.59. The van der Waals surface area contributed by atoms with Crippen LogP contribution in [0.3, 0.4) is 0 Å². The third-order valence-corrected chi connectivity index (χ3v) is 4.40. The van der Waals surface area contributed by atoms with E-state index in [4.69, 9.17) is 0 Å². The normalized spacial score (nSPS) is 16.2. The molecule has 2 amide bonds. The van der Waals surface area contributed by atoms with Crippen LogP contribution in [0.2, 0.25) is 0 Å². The fourth-order valence-electron chi connectivity index (χ4n) is 2.87. The lowest BCUT2D eigenvalue weighted by Crippen LogP contribution is -2.66. The summed E-state index contributed by atoms with van der Waals surface area (Å²) in [4.78, 5) is 40.4. The lowest BCUT2D eigenvalue weighted by atomic mass is 9.71. The van der Waals surface area contributed by atoms with Crippen LogP contribution >= 0.6 is 0 Å². The molecule has 1 aliphatic rings. The van der Waals surface area contributed by atoms with Gasteiger partial charge in [0.05, 0.1) is 11.4 Å². The van der Waals surface area contributed by atoms with Crippen LogP contribution in [0.25, 0.3) is 0 Å². The number of benzene rings is 1. The van der Waals surface area contributed by atoms with Crippen LogP contribution in [0.4, 0.5) is 11.4 Å². The van der Waals surface area contributed by atoms with Gasteiger partial charge in [-0.2, -0.15) is 4.99 Å². The van der Waals surface area contributed by atoms with Gasteiger partial charge >= 0.3 is 0 Å². The molecule has 0 N–H and O–H groups in total. The molecule has 1 aliphatic heterocycles. The minimum absolute atomic E-state index is 0.154. The maximum atomic E-state index is 12.6. The Hall–Kier alpha value is -2.26. The predicted octanol–water partition coefficient (Wildman–Crippen LogP) is 3.42. The molecule has 1 aromatic rings. The summed E-state index contributed by atoms with van der Waals surface area (Å²) < 4.78 is 0. The Bertz CT molecular complexity index is 644. The van der Waals surface area contributed by atoms with Gasteiger partial charge in [0.1, 0.15) is 5.41 Å². The van der Waals surface area contributed by atoms with Gasteiger partial charge in [-0.15, -0.1) is 0 Å². The van der Waals surface area contributed by atoms with Crippen LogP contribution in [-0.2, 0) is 14.4 Å². The van der Waals surface area contributed by atoms with Crippen molar-refractivity contribution in [3.05, 3.63) is 23.8 Å². The summed E-state index contributed by atoms with van der Waals surface area (Å²) in [6, 6.07) is 5.02. The van der Waals surface area contributed by atoms with E-state index in [0.717, 1.165) is 18.4 Å². The molecule has 0 atom stereocenters. The highest BCUT2D eigenvalue weighted by atomic mass is 16.2. The van der Waals surface area contributed by atoms with Gasteiger partial charge in [0.2, 0.25) is 17.9 Å². The predicted molar refractivity (Wildman–Crippen MR) is 83.7 cm³/mol. The molecule has 5 nitrogen and oxygen atoms in total. The Morgan fingerprint density at radius 3 is 2.45 bits per heavy atom. The number of aliphatic imine (C=N–C) groups is 1. The van der Waals surface area contributed by atoms with E-state index >= 15 is 0 Å². The number of aryl methyl sites for hydroxylation is 1. The van der Waals surface area contributed by atoms with Crippen LogP contribution < -0.4 is 4.90 Å². The summed E-state index contributed by atoms with van der Waals surface area (Å²) in [5, 5.41) is 0. The molecule has 1 heterocycles. The topological polar surface area (TPSA) is 66.8 Å². The Kier molecular flexibility index (Phi) is 4.57. The lowest BCUT2D eigenvalue weighted by Gasteiger charge is -2.46. The average Bonchev–Trinajstić information content (AvgIpc) is 2.52. The number of amides is 2. The second kappa shape index (κ2) is 6.24. The van der Waals surface area contributed by atoms with Crippen molar-refractivity contribution in [2.45, 2.75) is 46.5 Å². The van der Waals surface area contributed by atoms with Gasteiger partial charge in [-0.1, -0.05) is 32.8 Å². The Morgan fingerprint density at radius 1 is 1.23 bits per heavy atom. The van der Waals surface area contributed by atoms with E-state index in [0.29, 0.717) is 24.2 Å². The lowest BCUT2D eigenvalue weighted by molar-refractivity contribution is -0.153. The second-order valence-corrected chi connectivity index (χ2v) is 5.66. The van der Waals surface area contributed by atoms with Crippen LogP contribution in [-0.4, -0.2) is 17.9 Å². The highest BCUT2D eigenvalue weighted by Crippen LogP contribution is 2.44. The molecule has 0 spiro atoms. The summed E-state index contributed by atoms with van der Waals surface area (Å²) in [7, 11) is 0. The number of unbranched alkanes of at least 4 members (excludes halogenated alkanes) is 1.